The number of aryl methyl sites for hydroxylation is 3. The van der Waals surface area contributed by atoms with Crippen LogP contribution in [0.25, 0.3) is 10.9 Å². The van der Waals surface area contributed by atoms with Gasteiger partial charge >= 0.3 is 0 Å². The Balaban J connectivity index is 1.61. The molecular weight excluding hydrogens is 276 g/mol. The zero-order valence-corrected chi connectivity index (χ0v) is 12.9. The van der Waals surface area contributed by atoms with E-state index in [9.17, 15) is 4.79 Å². The monoisotopic (exact) mass is 296 g/mol. The molecule has 0 aliphatic carbocycles. The SMILES string of the molecule is Cc1[nH]c2ccc(C(=O)NCCCn3cccn3)cc2c1C. The highest BCUT2D eigenvalue weighted by atomic mass is 16.1. The van der Waals surface area contributed by atoms with Crippen LogP contribution in [-0.2, 0) is 6.54 Å². The van der Waals surface area contributed by atoms with Crippen LogP contribution in [0.5, 0.6) is 0 Å². The summed E-state index contributed by atoms with van der Waals surface area (Å²) in [5.74, 6) is -0.0272. The van der Waals surface area contributed by atoms with Gasteiger partial charge in [-0.1, -0.05) is 0 Å². The van der Waals surface area contributed by atoms with E-state index in [1.165, 1.54) is 5.56 Å². The molecule has 0 saturated heterocycles. The minimum atomic E-state index is -0.0272. The fraction of sp³-hybridized carbons (Fsp3) is 0.294. The lowest BCUT2D eigenvalue weighted by Crippen LogP contribution is -2.25. The Labute approximate surface area is 129 Å². The van der Waals surface area contributed by atoms with E-state index in [0.717, 1.165) is 29.6 Å². The molecule has 0 bridgehead atoms. The van der Waals surface area contributed by atoms with Crippen LogP contribution in [0.15, 0.2) is 36.7 Å². The van der Waals surface area contributed by atoms with Crippen molar-refractivity contribution in [1.82, 2.24) is 20.1 Å². The van der Waals surface area contributed by atoms with Crippen molar-refractivity contribution in [3.05, 3.63) is 53.5 Å². The largest absolute Gasteiger partial charge is 0.358 e. The molecule has 2 heterocycles. The van der Waals surface area contributed by atoms with Crippen LogP contribution in [-0.4, -0.2) is 27.2 Å². The predicted molar refractivity (Wildman–Crippen MR) is 86.9 cm³/mol. The number of carbonyl (C=O) groups is 1. The molecule has 114 valence electrons. The van der Waals surface area contributed by atoms with Crippen molar-refractivity contribution >= 4 is 16.8 Å². The number of hydrogen-bond acceptors (Lipinski definition) is 2. The lowest BCUT2D eigenvalue weighted by molar-refractivity contribution is 0.0952. The van der Waals surface area contributed by atoms with Gasteiger partial charge < -0.3 is 10.3 Å². The smallest absolute Gasteiger partial charge is 0.251 e. The quantitative estimate of drug-likeness (QED) is 0.711. The number of nitrogens with one attached hydrogen (secondary N) is 2. The molecule has 2 aromatic heterocycles. The summed E-state index contributed by atoms with van der Waals surface area (Å²) in [7, 11) is 0. The standard InChI is InChI=1S/C17H20N4O/c1-12-13(2)20-16-6-5-14(11-15(12)16)17(22)18-7-3-9-21-10-4-8-19-21/h4-6,8,10-11,20H,3,7,9H2,1-2H3,(H,18,22). The van der Waals surface area contributed by atoms with E-state index < -0.39 is 0 Å². The van der Waals surface area contributed by atoms with Gasteiger partial charge in [-0.2, -0.15) is 5.10 Å². The maximum absolute atomic E-state index is 12.2. The van der Waals surface area contributed by atoms with E-state index in [4.69, 9.17) is 0 Å². The molecule has 3 aromatic rings. The third kappa shape index (κ3) is 2.88. The van der Waals surface area contributed by atoms with Crippen molar-refractivity contribution in [3.63, 3.8) is 0 Å². The van der Waals surface area contributed by atoms with Gasteiger partial charge in [0.2, 0.25) is 0 Å². The van der Waals surface area contributed by atoms with Crippen LogP contribution >= 0.6 is 0 Å². The van der Waals surface area contributed by atoms with Crippen molar-refractivity contribution in [3.8, 4) is 0 Å². The summed E-state index contributed by atoms with van der Waals surface area (Å²) in [4.78, 5) is 15.5. The second kappa shape index (κ2) is 6.05. The fourth-order valence-corrected chi connectivity index (χ4v) is 2.58. The molecule has 0 saturated carbocycles. The van der Waals surface area contributed by atoms with Crippen LogP contribution in [0.4, 0.5) is 0 Å². The molecule has 0 aliphatic rings. The molecular formula is C17H20N4O. The Morgan fingerprint density at radius 1 is 1.36 bits per heavy atom. The maximum Gasteiger partial charge on any atom is 0.251 e. The summed E-state index contributed by atoms with van der Waals surface area (Å²) in [6.07, 6.45) is 4.54. The topological polar surface area (TPSA) is 62.7 Å². The van der Waals surface area contributed by atoms with E-state index in [1.807, 2.05) is 42.1 Å². The van der Waals surface area contributed by atoms with Gasteiger partial charge in [-0.15, -0.1) is 0 Å². The van der Waals surface area contributed by atoms with Crippen LogP contribution in [0.2, 0.25) is 0 Å². The molecule has 2 N–H and O–H groups in total. The Kier molecular flexibility index (Phi) is 3.96. The number of carbonyl (C=O) groups excluding carboxylic acids is 1. The van der Waals surface area contributed by atoms with Crippen LogP contribution in [0, 0.1) is 13.8 Å². The normalized spacial score (nSPS) is 11.0. The number of H-pyrrole nitrogens is 1. The first kappa shape index (κ1) is 14.4. The number of aromatic nitrogens is 3. The van der Waals surface area contributed by atoms with Gasteiger partial charge in [-0.3, -0.25) is 9.48 Å². The molecule has 5 nitrogen and oxygen atoms in total. The molecule has 0 unspecified atom stereocenters. The number of amides is 1. The third-order valence-electron chi connectivity index (χ3n) is 3.98. The van der Waals surface area contributed by atoms with Crippen molar-refractivity contribution in [2.45, 2.75) is 26.8 Å². The van der Waals surface area contributed by atoms with Gasteiger partial charge in [-0.05, 0) is 50.1 Å². The Bertz CT molecular complexity index is 786. The summed E-state index contributed by atoms with van der Waals surface area (Å²) in [5, 5.41) is 8.21. The van der Waals surface area contributed by atoms with Crippen molar-refractivity contribution in [2.24, 2.45) is 0 Å². The molecule has 0 fully saturated rings. The number of aromatic amines is 1. The van der Waals surface area contributed by atoms with E-state index in [2.05, 4.69) is 22.3 Å². The van der Waals surface area contributed by atoms with Gasteiger partial charge in [0.05, 0.1) is 0 Å². The van der Waals surface area contributed by atoms with Gasteiger partial charge in [-0.25, -0.2) is 0 Å². The number of benzene rings is 1. The third-order valence-corrected chi connectivity index (χ3v) is 3.98. The highest BCUT2D eigenvalue weighted by molar-refractivity contribution is 5.99. The Morgan fingerprint density at radius 3 is 3.00 bits per heavy atom. The summed E-state index contributed by atoms with van der Waals surface area (Å²) >= 11 is 0. The minimum Gasteiger partial charge on any atom is -0.358 e. The first-order chi connectivity index (χ1) is 10.6. The molecule has 0 radical (unpaired) electrons. The molecule has 22 heavy (non-hydrogen) atoms. The lowest BCUT2D eigenvalue weighted by Gasteiger charge is -2.06. The molecule has 1 aromatic carbocycles. The lowest BCUT2D eigenvalue weighted by atomic mass is 10.1. The van der Waals surface area contributed by atoms with E-state index >= 15 is 0 Å². The summed E-state index contributed by atoms with van der Waals surface area (Å²) in [6.45, 7) is 5.56. The van der Waals surface area contributed by atoms with E-state index in [0.29, 0.717) is 12.1 Å². The van der Waals surface area contributed by atoms with Crippen molar-refractivity contribution in [2.75, 3.05) is 6.54 Å². The Morgan fingerprint density at radius 2 is 2.23 bits per heavy atom. The van der Waals surface area contributed by atoms with Crippen molar-refractivity contribution < 1.29 is 4.79 Å². The molecule has 0 atom stereocenters. The van der Waals surface area contributed by atoms with Crippen LogP contribution < -0.4 is 5.32 Å². The van der Waals surface area contributed by atoms with E-state index in [1.54, 1.807) is 6.20 Å². The van der Waals surface area contributed by atoms with Gasteiger partial charge in [0.15, 0.2) is 0 Å². The average Bonchev–Trinajstić information content (AvgIpc) is 3.13. The Hall–Kier alpha value is -2.56. The average molecular weight is 296 g/mol. The first-order valence-electron chi connectivity index (χ1n) is 7.50. The molecule has 1 amide bonds. The second-order valence-corrected chi connectivity index (χ2v) is 5.51. The molecule has 0 aliphatic heterocycles. The van der Waals surface area contributed by atoms with Gasteiger partial charge in [0, 0.05) is 47.6 Å². The van der Waals surface area contributed by atoms with Crippen LogP contribution in [0.3, 0.4) is 0 Å². The zero-order valence-electron chi connectivity index (χ0n) is 12.9. The highest BCUT2D eigenvalue weighted by Gasteiger charge is 2.09. The maximum atomic E-state index is 12.2. The molecule has 0 spiro atoms. The zero-order chi connectivity index (χ0) is 15.5. The van der Waals surface area contributed by atoms with Crippen LogP contribution in [0.1, 0.15) is 28.0 Å². The fourth-order valence-electron chi connectivity index (χ4n) is 2.58. The summed E-state index contributed by atoms with van der Waals surface area (Å²) < 4.78 is 1.87. The summed E-state index contributed by atoms with van der Waals surface area (Å²) in [5.41, 5.74) is 4.12. The van der Waals surface area contributed by atoms with Gasteiger partial charge in [0.25, 0.3) is 5.91 Å². The molecule has 3 rings (SSSR count). The number of rotatable bonds is 5. The van der Waals surface area contributed by atoms with Crippen molar-refractivity contribution in [1.29, 1.82) is 0 Å². The molecule has 5 heteroatoms. The first-order valence-corrected chi connectivity index (χ1v) is 7.50. The predicted octanol–water partition coefficient (Wildman–Crippen LogP) is 2.80. The summed E-state index contributed by atoms with van der Waals surface area (Å²) in [6, 6.07) is 7.68. The highest BCUT2D eigenvalue weighted by Crippen LogP contribution is 2.22. The number of hydrogen-bond donors (Lipinski definition) is 2. The number of nitrogens with zero attached hydrogens (tertiary/aromatic N) is 2. The second-order valence-electron chi connectivity index (χ2n) is 5.51. The van der Waals surface area contributed by atoms with Gasteiger partial charge in [0.1, 0.15) is 0 Å². The van der Waals surface area contributed by atoms with E-state index in [-0.39, 0.29) is 5.91 Å². The number of fused-ring (bicyclic) bond motifs is 1. The minimum absolute atomic E-state index is 0.0272.